The van der Waals surface area contributed by atoms with Crippen LogP contribution in [-0.4, -0.2) is 31.8 Å². The lowest BCUT2D eigenvalue weighted by molar-refractivity contribution is -0.118. The van der Waals surface area contributed by atoms with Crippen molar-refractivity contribution in [3.63, 3.8) is 0 Å². The van der Waals surface area contributed by atoms with Crippen molar-refractivity contribution in [3.8, 4) is 0 Å². The van der Waals surface area contributed by atoms with Gasteiger partial charge in [-0.2, -0.15) is 0 Å². The molecule has 0 heterocycles. The molecule has 0 radical (unpaired) electrons. The molecular weight excluding hydrogens is 162 g/mol. The first kappa shape index (κ1) is 9.86. The lowest BCUT2D eigenvalue weighted by Gasteiger charge is -2.07. The molecule has 0 aliphatic heterocycles. The minimum absolute atomic E-state index is 0.113. The summed E-state index contributed by atoms with van der Waals surface area (Å²) < 4.78 is 5.43. The molecule has 0 aromatic carbocycles. The molecule has 1 N–H and O–H groups in total. The first-order valence-corrected chi connectivity index (χ1v) is 7.96. The van der Waals surface area contributed by atoms with Crippen LogP contribution < -0.4 is 5.32 Å². The van der Waals surface area contributed by atoms with E-state index in [2.05, 4.69) is 18.4 Å². The first-order valence-electron chi connectivity index (χ1n) is 3.52. The summed E-state index contributed by atoms with van der Waals surface area (Å²) in [4.78, 5) is 10.8. The Balaban J connectivity index is 3.37. The maximum Gasteiger partial charge on any atom is 0.219 e. The van der Waals surface area contributed by atoms with Crippen molar-refractivity contribution >= 4 is 24.7 Å². The molecule has 0 saturated heterocycles. The van der Waals surface area contributed by atoms with Crippen LogP contribution in [-0.2, 0) is 8.91 Å². The molecule has 0 rings (SSSR count). The van der Waals surface area contributed by atoms with Gasteiger partial charge in [0.2, 0.25) is 5.91 Å². The number of hydrogen-bond acceptors (Lipinski definition) is 2. The Labute approximate surface area is 65.8 Å². The largest absolute Gasteiger partial charge is 0.463 e. The van der Waals surface area contributed by atoms with Crippen LogP contribution in [0.3, 0.4) is 0 Å². The molecule has 5 heteroatoms. The van der Waals surface area contributed by atoms with Gasteiger partial charge in [-0.15, -0.1) is 0 Å². The number of carbonyl (C=O) groups excluding carboxylic acids is 1. The molecule has 0 fully saturated rings. The Kier molecular flexibility index (Phi) is 5.56. The first-order chi connectivity index (χ1) is 4.70. The highest BCUT2D eigenvalue weighted by atomic mass is 28.3. The van der Waals surface area contributed by atoms with Crippen molar-refractivity contribution in [1.82, 2.24) is 5.32 Å². The van der Waals surface area contributed by atoms with Crippen LogP contribution in [0.4, 0.5) is 0 Å². The van der Waals surface area contributed by atoms with Gasteiger partial charge in [0.15, 0.2) is 9.04 Å². The predicted octanol–water partition coefficient (Wildman–Crippen LogP) is -0.766. The summed E-state index contributed by atoms with van der Waals surface area (Å²) in [6.45, 7) is 4.15. The second-order valence-corrected chi connectivity index (χ2v) is 6.08. The van der Waals surface area contributed by atoms with E-state index in [-0.39, 0.29) is 15.7 Å². The maximum atomic E-state index is 10.8. The Hall–Kier alpha value is -0.136. The van der Waals surface area contributed by atoms with Crippen LogP contribution in [0.1, 0.15) is 0 Å². The average molecular weight is 177 g/mol. The number of rotatable bonds is 4. The normalized spacial score (nSPS) is 13.9. The molecule has 3 nitrogen and oxygen atoms in total. The fourth-order valence-corrected chi connectivity index (χ4v) is 4.18. The molecule has 0 aromatic heterocycles. The molecule has 1 amide bonds. The summed E-state index contributed by atoms with van der Waals surface area (Å²) in [6, 6.07) is 0.622. The van der Waals surface area contributed by atoms with E-state index < -0.39 is 9.04 Å². The number of nitrogens with one attached hydrogen (secondary N) is 1. The minimum atomic E-state index is -1.13. The van der Waals surface area contributed by atoms with E-state index in [1.807, 2.05) is 0 Å². The number of amides is 1. The summed E-state index contributed by atoms with van der Waals surface area (Å²) in [7, 11) is 0.229. The van der Waals surface area contributed by atoms with Crippen LogP contribution in [0.5, 0.6) is 0 Å². The molecule has 0 aliphatic carbocycles. The smallest absolute Gasteiger partial charge is 0.219 e. The highest BCUT2D eigenvalue weighted by Crippen LogP contribution is 1.91. The number of hydrogen-bond donors (Lipinski definition) is 1. The lowest BCUT2D eigenvalue weighted by Crippen LogP contribution is -2.26. The third-order valence-electron chi connectivity index (χ3n) is 1.20. The minimum Gasteiger partial charge on any atom is -0.463 e. The van der Waals surface area contributed by atoms with Gasteiger partial charge in [-0.25, -0.2) is 0 Å². The van der Waals surface area contributed by atoms with E-state index in [1.54, 1.807) is 7.05 Å². The van der Waals surface area contributed by atoms with Gasteiger partial charge in [0.05, 0.1) is 0 Å². The van der Waals surface area contributed by atoms with Gasteiger partial charge in [0.25, 0.3) is 0 Å². The molecule has 0 aliphatic rings. The van der Waals surface area contributed by atoms with Crippen LogP contribution in [0.15, 0.2) is 0 Å². The zero-order valence-corrected chi connectivity index (χ0v) is 9.38. The van der Waals surface area contributed by atoms with Crippen molar-refractivity contribution in [2.75, 3.05) is 7.05 Å². The van der Waals surface area contributed by atoms with Gasteiger partial charge in [-0.05, 0) is 6.55 Å². The quantitative estimate of drug-likeness (QED) is 0.573. The van der Waals surface area contributed by atoms with Gasteiger partial charge in [0.1, 0.15) is 9.76 Å². The molecule has 60 valence electrons. The van der Waals surface area contributed by atoms with Crippen LogP contribution in [0.25, 0.3) is 0 Å². The molecule has 10 heavy (non-hydrogen) atoms. The van der Waals surface area contributed by atoms with Gasteiger partial charge >= 0.3 is 0 Å². The van der Waals surface area contributed by atoms with Crippen LogP contribution >= 0.6 is 0 Å². The van der Waals surface area contributed by atoms with Crippen LogP contribution in [0, 0.1) is 0 Å². The highest BCUT2D eigenvalue weighted by molar-refractivity contribution is 6.60. The Morgan fingerprint density at radius 2 is 2.40 bits per heavy atom. The zero-order chi connectivity index (χ0) is 7.98. The van der Waals surface area contributed by atoms with E-state index in [4.69, 9.17) is 4.12 Å². The van der Waals surface area contributed by atoms with Gasteiger partial charge in [-0.1, -0.05) is 6.55 Å². The van der Waals surface area contributed by atoms with Crippen molar-refractivity contribution in [2.45, 2.75) is 19.1 Å². The van der Waals surface area contributed by atoms with Crippen molar-refractivity contribution < 1.29 is 8.91 Å². The number of carbonyl (C=O) groups is 1. The SMILES string of the molecule is CNC(=O)C[SiH](C)O[SiH2]C. The summed E-state index contributed by atoms with van der Waals surface area (Å²) in [5.41, 5.74) is 0. The van der Waals surface area contributed by atoms with Gasteiger partial charge in [0, 0.05) is 13.1 Å². The van der Waals surface area contributed by atoms with Gasteiger partial charge < -0.3 is 9.43 Å². The maximum absolute atomic E-state index is 10.8. The second kappa shape index (κ2) is 5.63. The molecule has 1 atom stereocenters. The Bertz CT molecular complexity index is 110. The standard InChI is InChI=1S/C5H15NO2Si2/c1-6-5(7)4-10(3)8-9-2/h10H,4,9H2,1-3H3,(H,6,7). The molecule has 0 bridgehead atoms. The third kappa shape index (κ3) is 4.72. The summed E-state index contributed by atoms with van der Waals surface area (Å²) in [6.07, 6.45) is 0. The fraction of sp³-hybridized carbons (Fsp3) is 0.800. The predicted molar refractivity (Wildman–Crippen MR) is 47.4 cm³/mol. The summed E-state index contributed by atoms with van der Waals surface area (Å²) >= 11 is 0. The van der Waals surface area contributed by atoms with Crippen molar-refractivity contribution in [2.24, 2.45) is 0 Å². The molecule has 1 unspecified atom stereocenters. The highest BCUT2D eigenvalue weighted by Gasteiger charge is 2.07. The van der Waals surface area contributed by atoms with Gasteiger partial charge in [-0.3, -0.25) is 4.79 Å². The lowest BCUT2D eigenvalue weighted by atomic mass is 10.7. The van der Waals surface area contributed by atoms with E-state index in [9.17, 15) is 4.79 Å². The molecule has 0 aromatic rings. The molecule has 0 saturated carbocycles. The molecular formula is C5H15NO2Si2. The second-order valence-electron chi connectivity index (χ2n) is 2.14. The van der Waals surface area contributed by atoms with E-state index in [0.29, 0.717) is 6.04 Å². The molecule has 0 spiro atoms. The van der Waals surface area contributed by atoms with E-state index in [1.165, 1.54) is 0 Å². The topological polar surface area (TPSA) is 38.3 Å². The summed E-state index contributed by atoms with van der Waals surface area (Å²) in [5, 5.41) is 2.59. The zero-order valence-electron chi connectivity index (χ0n) is 6.81. The van der Waals surface area contributed by atoms with E-state index in [0.717, 1.165) is 0 Å². The Morgan fingerprint density at radius 3 is 2.80 bits per heavy atom. The van der Waals surface area contributed by atoms with Crippen LogP contribution in [0.2, 0.25) is 19.1 Å². The van der Waals surface area contributed by atoms with Crippen molar-refractivity contribution in [1.29, 1.82) is 0 Å². The fourth-order valence-electron chi connectivity index (χ4n) is 0.707. The van der Waals surface area contributed by atoms with Crippen molar-refractivity contribution in [3.05, 3.63) is 0 Å². The Morgan fingerprint density at radius 1 is 1.80 bits per heavy atom. The van der Waals surface area contributed by atoms with E-state index >= 15 is 0 Å². The monoisotopic (exact) mass is 177 g/mol. The third-order valence-corrected chi connectivity index (χ3v) is 5.76. The summed E-state index contributed by atoms with van der Waals surface area (Å²) in [5.74, 6) is 0.113. The average Bonchev–Trinajstić information content (AvgIpc) is 1.88.